The number of thiophene rings is 1. The van der Waals surface area contributed by atoms with E-state index in [2.05, 4.69) is 15.7 Å². The molecule has 0 radical (unpaired) electrons. The van der Waals surface area contributed by atoms with Crippen molar-refractivity contribution >= 4 is 39.6 Å². The molecule has 0 aliphatic carbocycles. The first kappa shape index (κ1) is 19.1. The second-order valence-corrected chi connectivity index (χ2v) is 7.38. The van der Waals surface area contributed by atoms with Crippen LogP contribution in [0.4, 0.5) is 5.00 Å². The summed E-state index contributed by atoms with van der Waals surface area (Å²) >= 11 is 6.83. The minimum atomic E-state index is -0.404. The number of nitrogens with zero attached hydrogens (tertiary/aromatic N) is 2. The number of carbonyl (C=O) groups excluding carboxylic acids is 1. The summed E-state index contributed by atoms with van der Waals surface area (Å²) in [4.78, 5) is 13.1. The van der Waals surface area contributed by atoms with Crippen LogP contribution in [0, 0.1) is 6.92 Å². The first-order chi connectivity index (χ1) is 13.0. The lowest BCUT2D eigenvalue weighted by Crippen LogP contribution is -2.28. The van der Waals surface area contributed by atoms with Crippen molar-refractivity contribution in [2.24, 2.45) is 7.05 Å². The molecule has 0 bridgehead atoms. The number of rotatable bonds is 5. The third-order valence-corrected chi connectivity index (χ3v) is 5.36. The van der Waals surface area contributed by atoms with E-state index in [4.69, 9.17) is 17.0 Å². The summed E-state index contributed by atoms with van der Waals surface area (Å²) in [6, 6.07) is 13.7. The van der Waals surface area contributed by atoms with Crippen molar-refractivity contribution in [3.8, 4) is 10.4 Å². The molecule has 8 heteroatoms. The van der Waals surface area contributed by atoms with E-state index >= 15 is 0 Å². The number of aryl methyl sites for hydroxylation is 2. The van der Waals surface area contributed by atoms with Crippen LogP contribution in [0.15, 0.2) is 42.5 Å². The van der Waals surface area contributed by atoms with E-state index in [1.165, 1.54) is 18.4 Å². The number of aromatic nitrogens is 2. The fraction of sp³-hybridized carbons (Fsp3) is 0.211. The minimum Gasteiger partial charge on any atom is -0.465 e. The molecule has 0 amide bonds. The van der Waals surface area contributed by atoms with Gasteiger partial charge >= 0.3 is 5.97 Å². The van der Waals surface area contributed by atoms with Crippen LogP contribution in [-0.2, 0) is 18.3 Å². The molecular weight excluding hydrogens is 380 g/mol. The summed E-state index contributed by atoms with van der Waals surface area (Å²) < 4.78 is 6.72. The van der Waals surface area contributed by atoms with Crippen LogP contribution in [0.25, 0.3) is 10.4 Å². The van der Waals surface area contributed by atoms with Gasteiger partial charge in [-0.1, -0.05) is 30.3 Å². The van der Waals surface area contributed by atoms with Crippen LogP contribution in [0.2, 0.25) is 0 Å². The third kappa shape index (κ3) is 4.53. The predicted molar refractivity (Wildman–Crippen MR) is 112 cm³/mol. The van der Waals surface area contributed by atoms with Crippen LogP contribution in [0.1, 0.15) is 21.7 Å². The number of anilines is 1. The molecule has 27 heavy (non-hydrogen) atoms. The van der Waals surface area contributed by atoms with Crippen molar-refractivity contribution in [3.05, 3.63) is 59.4 Å². The molecular formula is C19H20N4O2S2. The summed E-state index contributed by atoms with van der Waals surface area (Å²) in [5.74, 6) is -0.404. The fourth-order valence-electron chi connectivity index (χ4n) is 2.53. The zero-order chi connectivity index (χ0) is 19.4. The van der Waals surface area contributed by atoms with Gasteiger partial charge in [0.1, 0.15) is 5.00 Å². The van der Waals surface area contributed by atoms with Gasteiger partial charge in [0.05, 0.1) is 24.9 Å². The Hall–Kier alpha value is -2.71. The van der Waals surface area contributed by atoms with Crippen LogP contribution in [0.3, 0.4) is 0 Å². The molecule has 140 valence electrons. The van der Waals surface area contributed by atoms with E-state index in [0.717, 1.165) is 21.8 Å². The third-order valence-electron chi connectivity index (χ3n) is 4.02. The summed E-state index contributed by atoms with van der Waals surface area (Å²) in [6.07, 6.45) is 0. The van der Waals surface area contributed by atoms with Gasteiger partial charge in [-0.3, -0.25) is 4.68 Å². The van der Waals surface area contributed by atoms with Crippen molar-refractivity contribution in [1.82, 2.24) is 15.1 Å². The lowest BCUT2D eigenvalue weighted by molar-refractivity contribution is 0.0602. The number of hydrogen-bond acceptors (Lipinski definition) is 5. The zero-order valence-electron chi connectivity index (χ0n) is 15.3. The van der Waals surface area contributed by atoms with E-state index < -0.39 is 5.97 Å². The monoisotopic (exact) mass is 400 g/mol. The van der Waals surface area contributed by atoms with Crippen molar-refractivity contribution in [2.45, 2.75) is 13.5 Å². The Kier molecular flexibility index (Phi) is 5.88. The molecule has 0 atom stereocenters. The normalized spacial score (nSPS) is 10.5. The first-order valence-corrected chi connectivity index (χ1v) is 9.52. The summed E-state index contributed by atoms with van der Waals surface area (Å²) in [6.45, 7) is 2.49. The summed E-state index contributed by atoms with van der Waals surface area (Å²) in [7, 11) is 3.26. The molecule has 3 aromatic rings. The molecule has 2 heterocycles. The van der Waals surface area contributed by atoms with Crippen molar-refractivity contribution in [3.63, 3.8) is 0 Å². The van der Waals surface area contributed by atoms with Gasteiger partial charge in [-0.2, -0.15) is 5.10 Å². The first-order valence-electron chi connectivity index (χ1n) is 8.30. The lowest BCUT2D eigenvalue weighted by atomic mass is 10.1. The maximum absolute atomic E-state index is 12.1. The Bertz CT molecular complexity index is 944. The Labute approximate surface area is 167 Å². The maximum atomic E-state index is 12.1. The summed E-state index contributed by atoms with van der Waals surface area (Å²) in [5, 5.41) is 11.7. The number of nitrogens with one attached hydrogen (secondary N) is 2. The van der Waals surface area contributed by atoms with Crippen LogP contribution < -0.4 is 10.6 Å². The Morgan fingerprint density at radius 2 is 2.04 bits per heavy atom. The molecule has 0 aliphatic heterocycles. The topological polar surface area (TPSA) is 68.2 Å². The minimum absolute atomic E-state index is 0.404. The molecule has 0 spiro atoms. The quantitative estimate of drug-likeness (QED) is 0.502. The highest BCUT2D eigenvalue weighted by molar-refractivity contribution is 7.80. The molecule has 0 aliphatic rings. The van der Waals surface area contributed by atoms with Gasteiger partial charge in [-0.15, -0.1) is 11.3 Å². The molecule has 0 saturated carbocycles. The van der Waals surface area contributed by atoms with Gasteiger partial charge in [0.2, 0.25) is 0 Å². The molecule has 0 fully saturated rings. The Balaban J connectivity index is 1.75. The highest BCUT2D eigenvalue weighted by Crippen LogP contribution is 2.35. The maximum Gasteiger partial charge on any atom is 0.340 e. The number of hydrogen-bond donors (Lipinski definition) is 2. The van der Waals surface area contributed by atoms with Crippen LogP contribution in [-0.4, -0.2) is 28.0 Å². The standard InChI is InChI=1S/C19H20N4O2S2/c1-12-9-14(22-23(12)2)11-20-19(26)21-17-15(18(24)25-3)10-16(27-17)13-7-5-4-6-8-13/h4-10H,11H2,1-3H3,(H2,20,21,26). The largest absolute Gasteiger partial charge is 0.465 e. The van der Waals surface area contributed by atoms with Crippen LogP contribution >= 0.6 is 23.6 Å². The van der Waals surface area contributed by atoms with E-state index in [9.17, 15) is 4.79 Å². The number of benzene rings is 1. The molecule has 2 N–H and O–H groups in total. The Morgan fingerprint density at radius 3 is 2.67 bits per heavy atom. The Morgan fingerprint density at radius 1 is 1.30 bits per heavy atom. The number of ether oxygens (including phenoxy) is 1. The number of carbonyl (C=O) groups is 1. The SMILES string of the molecule is COC(=O)c1cc(-c2ccccc2)sc1NC(=S)NCc1cc(C)n(C)n1. The second-order valence-electron chi connectivity index (χ2n) is 5.92. The van der Waals surface area contributed by atoms with Crippen LogP contribution in [0.5, 0.6) is 0 Å². The van der Waals surface area contributed by atoms with Gasteiger partial charge in [-0.25, -0.2) is 4.79 Å². The van der Waals surface area contributed by atoms with Crippen molar-refractivity contribution in [1.29, 1.82) is 0 Å². The van der Waals surface area contributed by atoms with Gasteiger partial charge in [0, 0.05) is 17.6 Å². The molecule has 0 unspecified atom stereocenters. The number of methoxy groups -OCH3 is 1. The average Bonchev–Trinajstić information content (AvgIpc) is 3.23. The van der Waals surface area contributed by atoms with Gasteiger partial charge < -0.3 is 15.4 Å². The number of thiocarbonyl (C=S) groups is 1. The lowest BCUT2D eigenvalue weighted by Gasteiger charge is -2.09. The zero-order valence-corrected chi connectivity index (χ0v) is 16.9. The van der Waals surface area contributed by atoms with Crippen molar-refractivity contribution in [2.75, 3.05) is 12.4 Å². The van der Waals surface area contributed by atoms with E-state index in [1.807, 2.05) is 61.1 Å². The van der Waals surface area contributed by atoms with Gasteiger partial charge in [-0.05, 0) is 36.8 Å². The van der Waals surface area contributed by atoms with Crippen molar-refractivity contribution < 1.29 is 9.53 Å². The van der Waals surface area contributed by atoms with E-state index in [1.54, 1.807) is 0 Å². The molecule has 0 saturated heterocycles. The fourth-order valence-corrected chi connectivity index (χ4v) is 3.82. The molecule has 6 nitrogen and oxygen atoms in total. The van der Waals surface area contributed by atoms with Gasteiger partial charge in [0.25, 0.3) is 0 Å². The van der Waals surface area contributed by atoms with Gasteiger partial charge in [0.15, 0.2) is 5.11 Å². The predicted octanol–water partition coefficient (Wildman–Crippen LogP) is 3.73. The summed E-state index contributed by atoms with van der Waals surface area (Å²) in [5.41, 5.74) is 3.45. The molecule has 2 aromatic heterocycles. The van der Waals surface area contributed by atoms with E-state index in [-0.39, 0.29) is 0 Å². The smallest absolute Gasteiger partial charge is 0.340 e. The highest BCUT2D eigenvalue weighted by Gasteiger charge is 2.18. The average molecular weight is 401 g/mol. The molecule has 1 aromatic carbocycles. The van der Waals surface area contributed by atoms with E-state index in [0.29, 0.717) is 22.2 Å². The number of esters is 1. The molecule has 3 rings (SSSR count). The highest BCUT2D eigenvalue weighted by atomic mass is 32.1. The second kappa shape index (κ2) is 8.32.